The summed E-state index contributed by atoms with van der Waals surface area (Å²) in [4.78, 5) is 49.2. The number of hydrogen-bond acceptors (Lipinski definition) is 7. The lowest BCUT2D eigenvalue weighted by molar-refractivity contribution is -0.151. The molecule has 0 aromatic heterocycles. The van der Waals surface area contributed by atoms with E-state index in [1.165, 1.54) is 24.3 Å². The molecule has 1 aliphatic rings. The minimum Gasteiger partial charge on any atom is -0.461 e. The van der Waals surface area contributed by atoms with E-state index in [0.29, 0.717) is 0 Å². The SMILES string of the molecule is C=CCOC(=O)c1cccc(Cl)c1NC(=O)C1CC(C(C(=O)S)C(=O)OCC=C)CN1. The normalized spacial score (nSPS) is 18.5. The van der Waals surface area contributed by atoms with E-state index in [9.17, 15) is 19.2 Å². The van der Waals surface area contributed by atoms with Gasteiger partial charge in [0.1, 0.15) is 19.1 Å². The van der Waals surface area contributed by atoms with Crippen LogP contribution in [0.5, 0.6) is 0 Å². The Hall–Kier alpha value is -2.62. The summed E-state index contributed by atoms with van der Waals surface area (Å²) in [6, 6.07) is 3.84. The van der Waals surface area contributed by atoms with Crippen LogP contribution in [0.3, 0.4) is 0 Å². The second-order valence-electron chi connectivity index (χ2n) is 6.73. The standard InChI is InChI=1S/C21H23ClN2O6S/c1-3-8-29-19(26)13-6-5-7-14(22)17(13)24-18(25)15-10-12(11-23-15)16(21(28)31)20(27)30-9-4-2/h3-7,12,15-16,23H,1-2,8-11H2,(H,24,25)(H,28,31). The summed E-state index contributed by atoms with van der Waals surface area (Å²) in [5, 5.41) is 5.13. The number of carbonyl (C=O) groups is 4. The van der Waals surface area contributed by atoms with Gasteiger partial charge in [0.25, 0.3) is 0 Å². The summed E-state index contributed by atoms with van der Waals surface area (Å²) in [7, 11) is 0. The van der Waals surface area contributed by atoms with E-state index in [-0.39, 0.29) is 42.5 Å². The smallest absolute Gasteiger partial charge is 0.340 e. The minimum absolute atomic E-state index is 0.00565. The molecule has 31 heavy (non-hydrogen) atoms. The van der Waals surface area contributed by atoms with Crippen molar-refractivity contribution in [3.05, 3.63) is 54.1 Å². The fraction of sp³-hybridized carbons (Fsp3) is 0.333. The zero-order valence-electron chi connectivity index (χ0n) is 16.6. The van der Waals surface area contributed by atoms with Crippen LogP contribution in [0.4, 0.5) is 5.69 Å². The molecule has 1 amide bonds. The molecule has 8 nitrogen and oxygen atoms in total. The zero-order chi connectivity index (χ0) is 23.0. The highest BCUT2D eigenvalue weighted by atomic mass is 35.5. The number of nitrogens with one attached hydrogen (secondary N) is 2. The van der Waals surface area contributed by atoms with Crippen LogP contribution in [-0.2, 0) is 23.9 Å². The third kappa shape index (κ3) is 6.43. The predicted molar refractivity (Wildman–Crippen MR) is 119 cm³/mol. The molecule has 1 aromatic carbocycles. The average Bonchev–Trinajstić information content (AvgIpc) is 3.21. The Kier molecular flexibility index (Phi) is 9.29. The number of ether oxygens (including phenoxy) is 2. The lowest BCUT2D eigenvalue weighted by Gasteiger charge is -2.18. The highest BCUT2D eigenvalue weighted by molar-refractivity contribution is 7.96. The second kappa shape index (κ2) is 11.7. The van der Waals surface area contributed by atoms with Gasteiger partial charge in [-0.15, -0.1) is 12.6 Å². The molecule has 0 spiro atoms. The maximum atomic E-state index is 12.8. The van der Waals surface area contributed by atoms with Gasteiger partial charge in [-0.05, 0) is 24.5 Å². The van der Waals surface area contributed by atoms with Gasteiger partial charge in [-0.2, -0.15) is 0 Å². The maximum Gasteiger partial charge on any atom is 0.340 e. The first kappa shape index (κ1) is 24.6. The summed E-state index contributed by atoms with van der Waals surface area (Å²) in [5.41, 5.74) is 0.203. The van der Waals surface area contributed by atoms with Crippen molar-refractivity contribution in [2.45, 2.75) is 12.5 Å². The van der Waals surface area contributed by atoms with Crippen LogP contribution in [0.1, 0.15) is 16.8 Å². The van der Waals surface area contributed by atoms with Gasteiger partial charge in [-0.1, -0.05) is 43.0 Å². The molecule has 1 fully saturated rings. The van der Waals surface area contributed by atoms with Crippen LogP contribution in [0.25, 0.3) is 0 Å². The average molecular weight is 467 g/mol. The van der Waals surface area contributed by atoms with Crippen LogP contribution >= 0.6 is 24.2 Å². The molecule has 0 aliphatic carbocycles. The van der Waals surface area contributed by atoms with Gasteiger partial charge in [0.15, 0.2) is 5.12 Å². The number of rotatable bonds is 10. The van der Waals surface area contributed by atoms with Gasteiger partial charge < -0.3 is 20.1 Å². The van der Waals surface area contributed by atoms with Crippen molar-refractivity contribution in [1.29, 1.82) is 0 Å². The van der Waals surface area contributed by atoms with Crippen molar-refractivity contribution in [2.24, 2.45) is 11.8 Å². The molecule has 10 heteroatoms. The number of para-hydroxylation sites is 1. The Balaban J connectivity index is 2.11. The Morgan fingerprint density at radius 2 is 1.90 bits per heavy atom. The second-order valence-corrected chi connectivity index (χ2v) is 7.58. The zero-order valence-corrected chi connectivity index (χ0v) is 18.3. The number of anilines is 1. The molecule has 1 heterocycles. The lowest BCUT2D eigenvalue weighted by Crippen LogP contribution is -2.36. The molecule has 1 saturated heterocycles. The van der Waals surface area contributed by atoms with E-state index in [2.05, 4.69) is 36.4 Å². The van der Waals surface area contributed by atoms with Crippen LogP contribution in [-0.4, -0.2) is 48.8 Å². The Labute approximate surface area is 190 Å². The first-order valence-electron chi connectivity index (χ1n) is 9.41. The number of thiol groups is 1. The molecule has 0 bridgehead atoms. The Morgan fingerprint density at radius 1 is 1.23 bits per heavy atom. The number of benzene rings is 1. The first-order chi connectivity index (χ1) is 14.8. The van der Waals surface area contributed by atoms with E-state index >= 15 is 0 Å². The van der Waals surface area contributed by atoms with Crippen molar-refractivity contribution in [3.63, 3.8) is 0 Å². The molecular formula is C21H23ClN2O6S. The van der Waals surface area contributed by atoms with Crippen molar-refractivity contribution in [1.82, 2.24) is 5.32 Å². The third-order valence-electron chi connectivity index (χ3n) is 4.63. The molecule has 1 aliphatic heterocycles. The van der Waals surface area contributed by atoms with E-state index in [1.807, 2.05) is 0 Å². The maximum absolute atomic E-state index is 12.8. The van der Waals surface area contributed by atoms with Crippen molar-refractivity contribution >= 4 is 52.9 Å². The van der Waals surface area contributed by atoms with Crippen molar-refractivity contribution in [3.8, 4) is 0 Å². The molecule has 2 rings (SSSR count). The van der Waals surface area contributed by atoms with Crippen LogP contribution in [0.2, 0.25) is 5.02 Å². The van der Waals surface area contributed by atoms with E-state index < -0.39 is 40.8 Å². The fourth-order valence-corrected chi connectivity index (χ4v) is 3.72. The lowest BCUT2D eigenvalue weighted by atomic mass is 9.90. The highest BCUT2D eigenvalue weighted by Crippen LogP contribution is 2.30. The van der Waals surface area contributed by atoms with Crippen molar-refractivity contribution in [2.75, 3.05) is 25.1 Å². The van der Waals surface area contributed by atoms with Crippen LogP contribution < -0.4 is 10.6 Å². The predicted octanol–water partition coefficient (Wildman–Crippen LogP) is 2.40. The molecule has 2 N–H and O–H groups in total. The quantitative estimate of drug-likeness (QED) is 0.210. The monoisotopic (exact) mass is 466 g/mol. The molecule has 3 atom stereocenters. The summed E-state index contributed by atoms with van der Waals surface area (Å²) in [6.07, 6.45) is 3.00. The largest absolute Gasteiger partial charge is 0.461 e. The first-order valence-corrected chi connectivity index (χ1v) is 10.2. The molecule has 0 radical (unpaired) electrons. The van der Waals surface area contributed by atoms with Gasteiger partial charge in [0.05, 0.1) is 22.3 Å². The number of amides is 1. The molecule has 3 unspecified atom stereocenters. The van der Waals surface area contributed by atoms with Crippen molar-refractivity contribution < 1.29 is 28.7 Å². The van der Waals surface area contributed by atoms with Gasteiger partial charge in [0.2, 0.25) is 5.91 Å². The molecule has 166 valence electrons. The number of esters is 2. The number of halogens is 1. The van der Waals surface area contributed by atoms with E-state index in [4.69, 9.17) is 21.1 Å². The van der Waals surface area contributed by atoms with E-state index in [0.717, 1.165) is 0 Å². The molecule has 0 saturated carbocycles. The van der Waals surface area contributed by atoms with Crippen LogP contribution in [0.15, 0.2) is 43.5 Å². The summed E-state index contributed by atoms with van der Waals surface area (Å²) >= 11 is 9.98. The van der Waals surface area contributed by atoms with Gasteiger partial charge >= 0.3 is 11.9 Å². The van der Waals surface area contributed by atoms with Gasteiger partial charge in [-0.25, -0.2) is 4.79 Å². The number of hydrogen-bond donors (Lipinski definition) is 3. The number of carbonyl (C=O) groups excluding carboxylic acids is 4. The topological polar surface area (TPSA) is 111 Å². The Morgan fingerprint density at radius 3 is 2.55 bits per heavy atom. The summed E-state index contributed by atoms with van der Waals surface area (Å²) in [5.74, 6) is -3.45. The molecule has 1 aromatic rings. The molecular weight excluding hydrogens is 444 g/mol. The third-order valence-corrected chi connectivity index (χ3v) is 5.22. The highest BCUT2D eigenvalue weighted by Gasteiger charge is 2.41. The van der Waals surface area contributed by atoms with Gasteiger partial charge in [-0.3, -0.25) is 14.4 Å². The Bertz CT molecular complexity index is 891. The summed E-state index contributed by atoms with van der Waals surface area (Å²) < 4.78 is 10.0. The summed E-state index contributed by atoms with van der Waals surface area (Å²) in [6.45, 7) is 7.14. The fourth-order valence-electron chi connectivity index (χ4n) is 3.19. The van der Waals surface area contributed by atoms with Gasteiger partial charge in [0, 0.05) is 6.54 Å². The van der Waals surface area contributed by atoms with Crippen LogP contribution in [0, 0.1) is 11.8 Å². The van der Waals surface area contributed by atoms with E-state index in [1.54, 1.807) is 6.07 Å². The minimum atomic E-state index is -1.11.